The summed E-state index contributed by atoms with van der Waals surface area (Å²) in [6.07, 6.45) is 0. The molecule has 3 amide bonds. The zero-order valence-electron chi connectivity index (χ0n) is 14.4. The Morgan fingerprint density at radius 2 is 1.84 bits per heavy atom. The number of carbonyl (C=O) groups is 2. The van der Waals surface area contributed by atoms with Gasteiger partial charge < -0.3 is 0 Å². The van der Waals surface area contributed by atoms with E-state index < -0.39 is 6.04 Å². The van der Waals surface area contributed by atoms with Crippen LogP contribution in [0.4, 0.5) is 10.5 Å². The normalized spacial score (nSPS) is 17.9. The Labute approximate surface area is 156 Å². The van der Waals surface area contributed by atoms with E-state index in [2.05, 4.69) is 0 Å². The maximum Gasteiger partial charge on any atom is 0.333 e. The summed E-state index contributed by atoms with van der Waals surface area (Å²) >= 11 is 7.45. The summed E-state index contributed by atoms with van der Waals surface area (Å²) in [5.74, 6) is -0.179. The maximum absolute atomic E-state index is 12.8. The number of urea groups is 1. The van der Waals surface area contributed by atoms with E-state index in [1.165, 1.54) is 16.2 Å². The molecule has 132 valence electrons. The fraction of sp³-hybridized carbons (Fsp3) is 0.333. The number of nitrogens with zero attached hydrogens (tertiary/aromatic N) is 3. The molecular formula is C18H20ClN3O2S. The first-order chi connectivity index (χ1) is 11.9. The number of rotatable bonds is 5. The van der Waals surface area contributed by atoms with Crippen LogP contribution in [0.25, 0.3) is 0 Å². The highest BCUT2D eigenvalue weighted by Crippen LogP contribution is 2.27. The summed E-state index contributed by atoms with van der Waals surface area (Å²) in [6, 6.07) is 10.7. The molecule has 1 fully saturated rings. The minimum Gasteiger partial charge on any atom is -0.283 e. The van der Waals surface area contributed by atoms with Crippen molar-refractivity contribution in [2.45, 2.75) is 26.4 Å². The second-order valence-electron chi connectivity index (χ2n) is 6.29. The number of hydrogen-bond acceptors (Lipinski definition) is 4. The smallest absolute Gasteiger partial charge is 0.283 e. The Balaban J connectivity index is 1.72. The molecule has 0 spiro atoms. The molecule has 0 aliphatic carbocycles. The van der Waals surface area contributed by atoms with Crippen LogP contribution >= 0.6 is 22.9 Å². The molecule has 5 nitrogen and oxygen atoms in total. The maximum atomic E-state index is 12.8. The van der Waals surface area contributed by atoms with Gasteiger partial charge in [-0.1, -0.05) is 29.3 Å². The number of carbonyl (C=O) groups excluding carboxylic acids is 2. The van der Waals surface area contributed by atoms with Gasteiger partial charge in [-0.2, -0.15) is 0 Å². The van der Waals surface area contributed by atoms with Crippen LogP contribution in [0.2, 0.25) is 4.34 Å². The van der Waals surface area contributed by atoms with E-state index in [4.69, 9.17) is 11.6 Å². The average molecular weight is 378 g/mol. The molecule has 0 unspecified atom stereocenters. The monoisotopic (exact) mass is 377 g/mol. The van der Waals surface area contributed by atoms with Crippen molar-refractivity contribution in [2.24, 2.45) is 0 Å². The lowest BCUT2D eigenvalue weighted by Gasteiger charge is -2.23. The fourth-order valence-corrected chi connectivity index (χ4v) is 4.06. The molecule has 3 rings (SSSR count). The highest BCUT2D eigenvalue weighted by atomic mass is 35.5. The first kappa shape index (κ1) is 17.9. The molecule has 1 saturated heterocycles. The quantitative estimate of drug-likeness (QED) is 0.741. The number of amides is 3. The van der Waals surface area contributed by atoms with E-state index in [-0.39, 0.29) is 18.6 Å². The van der Waals surface area contributed by atoms with Crippen molar-refractivity contribution in [1.82, 2.24) is 9.80 Å². The lowest BCUT2D eigenvalue weighted by atomic mass is 10.2. The Hall–Kier alpha value is -1.89. The van der Waals surface area contributed by atoms with Gasteiger partial charge in [0.2, 0.25) is 0 Å². The first-order valence-corrected chi connectivity index (χ1v) is 9.20. The highest BCUT2D eigenvalue weighted by molar-refractivity contribution is 7.16. The van der Waals surface area contributed by atoms with Crippen molar-refractivity contribution in [3.63, 3.8) is 0 Å². The minimum absolute atomic E-state index is 0.179. The predicted octanol–water partition coefficient (Wildman–Crippen LogP) is 3.96. The third kappa shape index (κ3) is 3.71. The van der Waals surface area contributed by atoms with Crippen LogP contribution in [0.1, 0.15) is 17.4 Å². The van der Waals surface area contributed by atoms with Gasteiger partial charge in [0.1, 0.15) is 6.04 Å². The molecule has 25 heavy (non-hydrogen) atoms. The third-order valence-electron chi connectivity index (χ3n) is 4.20. The van der Waals surface area contributed by atoms with Crippen molar-refractivity contribution < 1.29 is 9.59 Å². The van der Waals surface area contributed by atoms with Gasteiger partial charge in [0.05, 0.1) is 11.0 Å². The SMILES string of the molecule is Cc1ccc(N2C(=O)N(CN(C)Cc3ccc(Cl)s3)C(=O)[C@H]2C)cc1. The van der Waals surface area contributed by atoms with Gasteiger partial charge in [-0.15, -0.1) is 11.3 Å². The largest absolute Gasteiger partial charge is 0.333 e. The first-order valence-electron chi connectivity index (χ1n) is 8.01. The molecule has 1 aromatic heterocycles. The summed E-state index contributed by atoms with van der Waals surface area (Å²) in [5, 5.41) is 0. The molecule has 0 radical (unpaired) electrons. The summed E-state index contributed by atoms with van der Waals surface area (Å²) in [5.41, 5.74) is 1.85. The van der Waals surface area contributed by atoms with Crippen LogP contribution in [0, 0.1) is 6.92 Å². The van der Waals surface area contributed by atoms with Crippen LogP contribution in [0.3, 0.4) is 0 Å². The molecular weight excluding hydrogens is 358 g/mol. The highest BCUT2D eigenvalue weighted by Gasteiger charge is 2.43. The minimum atomic E-state index is -0.500. The summed E-state index contributed by atoms with van der Waals surface area (Å²) in [7, 11) is 1.88. The number of benzene rings is 1. The van der Waals surface area contributed by atoms with Crippen LogP contribution in [-0.2, 0) is 11.3 Å². The van der Waals surface area contributed by atoms with Gasteiger partial charge in [0, 0.05) is 17.1 Å². The second-order valence-corrected chi connectivity index (χ2v) is 8.09. The number of thiophene rings is 1. The zero-order chi connectivity index (χ0) is 18.1. The van der Waals surface area contributed by atoms with E-state index in [0.29, 0.717) is 6.54 Å². The molecule has 1 aromatic carbocycles. The number of halogens is 1. The Morgan fingerprint density at radius 3 is 2.44 bits per heavy atom. The Kier molecular flexibility index (Phi) is 5.13. The molecule has 0 saturated carbocycles. The van der Waals surface area contributed by atoms with Crippen molar-refractivity contribution in [1.29, 1.82) is 0 Å². The van der Waals surface area contributed by atoms with Gasteiger partial charge in [-0.3, -0.25) is 14.6 Å². The third-order valence-corrected chi connectivity index (χ3v) is 5.41. The van der Waals surface area contributed by atoms with Crippen molar-refractivity contribution in [3.8, 4) is 0 Å². The Morgan fingerprint density at radius 1 is 1.16 bits per heavy atom. The second kappa shape index (κ2) is 7.15. The van der Waals surface area contributed by atoms with Crippen LogP contribution in [0.15, 0.2) is 36.4 Å². The zero-order valence-corrected chi connectivity index (χ0v) is 16.0. The topological polar surface area (TPSA) is 43.9 Å². The molecule has 0 N–H and O–H groups in total. The van der Waals surface area contributed by atoms with E-state index in [9.17, 15) is 9.59 Å². The fourth-order valence-electron chi connectivity index (χ4n) is 2.89. The van der Waals surface area contributed by atoms with Crippen LogP contribution in [-0.4, -0.2) is 41.5 Å². The summed E-state index contributed by atoms with van der Waals surface area (Å²) in [4.78, 5) is 31.3. The Bertz CT molecular complexity index is 790. The number of aryl methyl sites for hydroxylation is 1. The van der Waals surface area contributed by atoms with Crippen molar-refractivity contribution in [2.75, 3.05) is 18.6 Å². The van der Waals surface area contributed by atoms with Crippen molar-refractivity contribution in [3.05, 3.63) is 51.2 Å². The number of hydrogen-bond donors (Lipinski definition) is 0. The molecule has 2 aromatic rings. The van der Waals surface area contributed by atoms with Crippen LogP contribution < -0.4 is 4.90 Å². The van der Waals surface area contributed by atoms with Gasteiger partial charge >= 0.3 is 6.03 Å². The van der Waals surface area contributed by atoms with E-state index in [1.807, 2.05) is 55.3 Å². The molecule has 1 aliphatic heterocycles. The van der Waals surface area contributed by atoms with Crippen molar-refractivity contribution >= 4 is 40.6 Å². The van der Waals surface area contributed by atoms with Gasteiger partial charge in [0.25, 0.3) is 5.91 Å². The molecule has 2 heterocycles. The van der Waals surface area contributed by atoms with Gasteiger partial charge in [-0.25, -0.2) is 9.69 Å². The van der Waals surface area contributed by atoms with Gasteiger partial charge in [0.15, 0.2) is 0 Å². The average Bonchev–Trinajstić information content (AvgIpc) is 3.06. The lowest BCUT2D eigenvalue weighted by Crippen LogP contribution is -2.40. The molecule has 7 heteroatoms. The molecule has 1 aliphatic rings. The van der Waals surface area contributed by atoms with E-state index in [1.54, 1.807) is 11.8 Å². The summed E-state index contributed by atoms with van der Waals surface area (Å²) < 4.78 is 0.732. The summed E-state index contributed by atoms with van der Waals surface area (Å²) in [6.45, 7) is 4.63. The van der Waals surface area contributed by atoms with Gasteiger partial charge in [-0.05, 0) is 45.2 Å². The lowest BCUT2D eigenvalue weighted by molar-refractivity contribution is -0.128. The number of imide groups is 1. The number of anilines is 1. The molecule has 1 atom stereocenters. The van der Waals surface area contributed by atoms with Crippen LogP contribution in [0.5, 0.6) is 0 Å². The van der Waals surface area contributed by atoms with E-state index in [0.717, 1.165) is 20.5 Å². The predicted molar refractivity (Wildman–Crippen MR) is 101 cm³/mol. The standard InChI is InChI=1S/C18H20ClN3O2S/c1-12-4-6-14(7-5-12)22-13(2)17(23)21(18(22)24)11-20(3)10-15-8-9-16(19)25-15/h4-9,13H,10-11H2,1-3H3/t13-/m1/s1. The van der Waals surface area contributed by atoms with E-state index >= 15 is 0 Å². The molecule has 0 bridgehead atoms.